The van der Waals surface area contributed by atoms with Gasteiger partial charge in [0, 0.05) is 24.0 Å². The molecule has 1 amide bonds. The number of hydrogen-bond donors (Lipinski definition) is 1. The van der Waals surface area contributed by atoms with Crippen molar-refractivity contribution < 1.29 is 4.79 Å². The Morgan fingerprint density at radius 3 is 3.06 bits per heavy atom. The summed E-state index contributed by atoms with van der Waals surface area (Å²) in [7, 11) is 0. The average Bonchev–Trinajstić information content (AvgIpc) is 2.75. The normalized spacial score (nSPS) is 19.5. The van der Waals surface area contributed by atoms with Crippen molar-refractivity contribution in [1.29, 1.82) is 0 Å². The number of nitrogens with zero attached hydrogens (tertiary/aromatic N) is 1. The molecule has 1 fully saturated rings. The van der Waals surface area contributed by atoms with Crippen LogP contribution in [0.15, 0.2) is 36.5 Å². The molecule has 0 bridgehead atoms. The van der Waals surface area contributed by atoms with Crippen LogP contribution in [-0.2, 0) is 11.2 Å². The lowest BCUT2D eigenvalue weighted by molar-refractivity contribution is -0.122. The number of carbonyl (C=O) groups excluding carboxylic acids is 1. The van der Waals surface area contributed by atoms with E-state index in [4.69, 9.17) is 0 Å². The Balaban J connectivity index is 1.88. The standard InChI is InChI=1S/C14H14N2O/c17-14-12(5-6-15-14)8-10-7-11-3-1-2-4-13(11)16-9-10/h1-4,7,9,12H,5-6,8H2,(H,15,17). The van der Waals surface area contributed by atoms with Crippen LogP contribution in [0.5, 0.6) is 0 Å². The minimum absolute atomic E-state index is 0.123. The topological polar surface area (TPSA) is 42.0 Å². The van der Waals surface area contributed by atoms with E-state index in [2.05, 4.69) is 22.4 Å². The first kappa shape index (κ1) is 10.3. The van der Waals surface area contributed by atoms with Crippen molar-refractivity contribution in [3.05, 3.63) is 42.1 Å². The van der Waals surface area contributed by atoms with Crippen molar-refractivity contribution in [2.45, 2.75) is 12.8 Å². The lowest BCUT2D eigenvalue weighted by Crippen LogP contribution is -2.20. The Bertz CT molecular complexity index is 565. The highest BCUT2D eigenvalue weighted by atomic mass is 16.2. The third-order valence-electron chi connectivity index (χ3n) is 3.29. The highest BCUT2D eigenvalue weighted by Gasteiger charge is 2.24. The van der Waals surface area contributed by atoms with Crippen molar-refractivity contribution in [2.75, 3.05) is 6.54 Å². The number of rotatable bonds is 2. The molecule has 3 nitrogen and oxygen atoms in total. The van der Waals surface area contributed by atoms with Gasteiger partial charge in [0.2, 0.25) is 5.91 Å². The predicted octanol–water partition coefficient (Wildman–Crippen LogP) is 1.91. The number of para-hydroxylation sites is 1. The van der Waals surface area contributed by atoms with Gasteiger partial charge in [-0.2, -0.15) is 0 Å². The predicted molar refractivity (Wildman–Crippen MR) is 66.6 cm³/mol. The second-order valence-corrected chi connectivity index (χ2v) is 4.52. The molecule has 0 radical (unpaired) electrons. The summed E-state index contributed by atoms with van der Waals surface area (Å²) in [5.41, 5.74) is 2.15. The lowest BCUT2D eigenvalue weighted by atomic mass is 9.98. The van der Waals surface area contributed by atoms with E-state index in [0.717, 1.165) is 35.9 Å². The monoisotopic (exact) mass is 226 g/mol. The lowest BCUT2D eigenvalue weighted by Gasteiger charge is -2.07. The third-order valence-corrected chi connectivity index (χ3v) is 3.29. The molecule has 1 unspecified atom stereocenters. The maximum Gasteiger partial charge on any atom is 0.223 e. The van der Waals surface area contributed by atoms with E-state index < -0.39 is 0 Å². The second kappa shape index (κ2) is 4.17. The van der Waals surface area contributed by atoms with Crippen LogP contribution in [0.25, 0.3) is 10.9 Å². The van der Waals surface area contributed by atoms with E-state index in [1.54, 1.807) is 0 Å². The molecule has 1 saturated heterocycles. The van der Waals surface area contributed by atoms with Gasteiger partial charge in [0.25, 0.3) is 0 Å². The first-order valence-corrected chi connectivity index (χ1v) is 5.94. The molecule has 2 aromatic rings. The minimum Gasteiger partial charge on any atom is -0.356 e. The van der Waals surface area contributed by atoms with Crippen LogP contribution in [0.1, 0.15) is 12.0 Å². The summed E-state index contributed by atoms with van der Waals surface area (Å²) in [5.74, 6) is 0.302. The summed E-state index contributed by atoms with van der Waals surface area (Å²) in [4.78, 5) is 15.9. The second-order valence-electron chi connectivity index (χ2n) is 4.52. The Labute approximate surface area is 99.9 Å². The van der Waals surface area contributed by atoms with Gasteiger partial charge in [-0.05, 0) is 30.5 Å². The molecule has 1 N–H and O–H groups in total. The van der Waals surface area contributed by atoms with Crippen LogP contribution in [-0.4, -0.2) is 17.4 Å². The number of nitrogens with one attached hydrogen (secondary N) is 1. The smallest absolute Gasteiger partial charge is 0.223 e. The van der Waals surface area contributed by atoms with Gasteiger partial charge < -0.3 is 5.32 Å². The maximum atomic E-state index is 11.5. The van der Waals surface area contributed by atoms with Crippen LogP contribution in [0, 0.1) is 5.92 Å². The Kier molecular flexibility index (Phi) is 2.52. The van der Waals surface area contributed by atoms with E-state index in [9.17, 15) is 4.79 Å². The van der Waals surface area contributed by atoms with Crippen LogP contribution in [0.3, 0.4) is 0 Å². The zero-order valence-corrected chi connectivity index (χ0v) is 9.52. The van der Waals surface area contributed by atoms with Gasteiger partial charge in [0.1, 0.15) is 0 Å². The molecule has 2 heterocycles. The largest absolute Gasteiger partial charge is 0.356 e. The van der Waals surface area contributed by atoms with Gasteiger partial charge in [-0.1, -0.05) is 18.2 Å². The molecule has 0 saturated carbocycles. The number of hydrogen-bond acceptors (Lipinski definition) is 2. The molecule has 17 heavy (non-hydrogen) atoms. The van der Waals surface area contributed by atoms with Gasteiger partial charge in [-0.15, -0.1) is 0 Å². The number of benzene rings is 1. The van der Waals surface area contributed by atoms with Crippen LogP contribution < -0.4 is 5.32 Å². The van der Waals surface area contributed by atoms with E-state index in [1.807, 2.05) is 24.4 Å². The van der Waals surface area contributed by atoms with Gasteiger partial charge in [-0.25, -0.2) is 0 Å². The number of aromatic nitrogens is 1. The number of amides is 1. The zero-order valence-electron chi connectivity index (χ0n) is 9.52. The van der Waals surface area contributed by atoms with Crippen molar-refractivity contribution in [3.63, 3.8) is 0 Å². The number of fused-ring (bicyclic) bond motifs is 1. The maximum absolute atomic E-state index is 11.5. The van der Waals surface area contributed by atoms with E-state index in [-0.39, 0.29) is 11.8 Å². The fourth-order valence-corrected chi connectivity index (χ4v) is 2.35. The van der Waals surface area contributed by atoms with Crippen molar-refractivity contribution in [2.24, 2.45) is 5.92 Å². The summed E-state index contributed by atoms with van der Waals surface area (Å²) in [6, 6.07) is 10.2. The number of pyridine rings is 1. The Hall–Kier alpha value is -1.90. The summed E-state index contributed by atoms with van der Waals surface area (Å²) >= 11 is 0. The van der Waals surface area contributed by atoms with Crippen molar-refractivity contribution in [3.8, 4) is 0 Å². The highest BCUT2D eigenvalue weighted by molar-refractivity contribution is 5.81. The first-order valence-electron chi connectivity index (χ1n) is 5.94. The summed E-state index contributed by atoms with van der Waals surface area (Å²) in [5, 5.41) is 4.01. The first-order chi connectivity index (χ1) is 8.33. The molecule has 0 spiro atoms. The van der Waals surface area contributed by atoms with Crippen molar-refractivity contribution >= 4 is 16.8 Å². The molecular formula is C14H14N2O. The van der Waals surface area contributed by atoms with Crippen LogP contribution in [0.2, 0.25) is 0 Å². The molecule has 3 heteroatoms. The van der Waals surface area contributed by atoms with Gasteiger partial charge >= 0.3 is 0 Å². The summed E-state index contributed by atoms with van der Waals surface area (Å²) in [6.07, 6.45) is 3.61. The van der Waals surface area contributed by atoms with E-state index in [0.29, 0.717) is 0 Å². The third kappa shape index (κ3) is 2.00. The fourth-order valence-electron chi connectivity index (χ4n) is 2.35. The highest BCUT2D eigenvalue weighted by Crippen LogP contribution is 2.19. The molecule has 1 aliphatic heterocycles. The summed E-state index contributed by atoms with van der Waals surface area (Å²) in [6.45, 7) is 0.810. The Morgan fingerprint density at radius 1 is 1.35 bits per heavy atom. The van der Waals surface area contributed by atoms with Gasteiger partial charge in [0.15, 0.2) is 0 Å². The molecule has 1 aromatic carbocycles. The van der Waals surface area contributed by atoms with E-state index in [1.165, 1.54) is 0 Å². The number of carbonyl (C=O) groups is 1. The molecule has 1 atom stereocenters. The molecule has 1 aromatic heterocycles. The minimum atomic E-state index is 0.123. The quantitative estimate of drug-likeness (QED) is 0.850. The van der Waals surface area contributed by atoms with Gasteiger partial charge in [0.05, 0.1) is 5.52 Å². The average molecular weight is 226 g/mol. The molecule has 0 aliphatic carbocycles. The fraction of sp³-hybridized carbons (Fsp3) is 0.286. The SMILES string of the molecule is O=C1NCCC1Cc1cnc2ccccc2c1. The van der Waals surface area contributed by atoms with Crippen LogP contribution >= 0.6 is 0 Å². The van der Waals surface area contributed by atoms with E-state index >= 15 is 0 Å². The molecule has 1 aliphatic rings. The van der Waals surface area contributed by atoms with Crippen LogP contribution in [0.4, 0.5) is 0 Å². The summed E-state index contributed by atoms with van der Waals surface area (Å²) < 4.78 is 0. The zero-order chi connectivity index (χ0) is 11.7. The van der Waals surface area contributed by atoms with Crippen molar-refractivity contribution in [1.82, 2.24) is 10.3 Å². The Morgan fingerprint density at radius 2 is 2.24 bits per heavy atom. The molecular weight excluding hydrogens is 212 g/mol. The molecule has 86 valence electrons. The van der Waals surface area contributed by atoms with Gasteiger partial charge in [-0.3, -0.25) is 9.78 Å². The molecule has 3 rings (SSSR count).